The molecule has 0 amide bonds. The summed E-state index contributed by atoms with van der Waals surface area (Å²) < 4.78 is 42.6. The summed E-state index contributed by atoms with van der Waals surface area (Å²) >= 11 is 0. The van der Waals surface area contributed by atoms with E-state index in [1.165, 1.54) is 0 Å². The molecule has 6 atom stereocenters. The molecule has 10 nitrogen and oxygen atoms in total. The number of hydrogen-bond donors (Lipinski definition) is 0. The predicted molar refractivity (Wildman–Crippen MR) is 141 cm³/mol. The smallest absolute Gasteiger partial charge is 0.186 e. The van der Waals surface area contributed by atoms with Gasteiger partial charge < -0.3 is 33.2 Å². The maximum absolute atomic E-state index is 8.96. The van der Waals surface area contributed by atoms with Gasteiger partial charge >= 0.3 is 0 Å². The molecule has 2 aliphatic rings. The number of azide groups is 1. The Balaban J connectivity index is 1.40. The molecule has 0 bridgehead atoms. The number of hydrogen-bond acceptors (Lipinski definition) is 8. The monoisotopic (exact) mass is 533 g/mol. The van der Waals surface area contributed by atoms with Crippen LogP contribution in [0.25, 0.3) is 10.4 Å². The van der Waals surface area contributed by atoms with Crippen molar-refractivity contribution in [3.8, 4) is 5.75 Å². The topological polar surface area (TPSA) is 113 Å². The van der Waals surface area contributed by atoms with Gasteiger partial charge in [0.25, 0.3) is 0 Å². The van der Waals surface area contributed by atoms with Crippen LogP contribution in [0.5, 0.6) is 5.75 Å². The lowest BCUT2D eigenvalue weighted by Gasteiger charge is -2.48. The first-order valence-electron chi connectivity index (χ1n) is 12.7. The van der Waals surface area contributed by atoms with Gasteiger partial charge in [-0.25, -0.2) is 0 Å². The molecule has 0 unspecified atom stereocenters. The summed E-state index contributed by atoms with van der Waals surface area (Å²) in [5.74, 6) is 0.766. The summed E-state index contributed by atoms with van der Waals surface area (Å²) in [6.07, 6.45) is -3.44. The average Bonchev–Trinajstić information content (AvgIpc) is 3.00. The molecule has 2 aliphatic heterocycles. The van der Waals surface area contributed by atoms with Crippen molar-refractivity contribution in [1.82, 2.24) is 0 Å². The molecule has 39 heavy (non-hydrogen) atoms. The number of nitrogens with zero attached hydrogens (tertiary/aromatic N) is 3. The Labute approximate surface area is 226 Å². The van der Waals surface area contributed by atoms with Crippen LogP contribution in [0.15, 0.2) is 84.0 Å². The largest absolute Gasteiger partial charge is 0.497 e. The van der Waals surface area contributed by atoms with E-state index in [-0.39, 0.29) is 6.61 Å². The van der Waals surface area contributed by atoms with Gasteiger partial charge in [0.05, 0.1) is 26.9 Å². The minimum absolute atomic E-state index is 0.154. The van der Waals surface area contributed by atoms with Crippen molar-refractivity contribution in [2.24, 2.45) is 5.11 Å². The molecule has 2 fully saturated rings. The average molecular weight is 534 g/mol. The third kappa shape index (κ3) is 6.41. The number of rotatable bonds is 10. The van der Waals surface area contributed by atoms with Crippen LogP contribution >= 0.6 is 0 Å². The second kappa shape index (κ2) is 13.1. The molecule has 0 N–H and O–H groups in total. The molecule has 0 radical (unpaired) electrons. The second-order valence-corrected chi connectivity index (χ2v) is 9.17. The molecule has 2 heterocycles. The van der Waals surface area contributed by atoms with Crippen LogP contribution in [0, 0.1) is 0 Å². The molecule has 3 aromatic rings. The van der Waals surface area contributed by atoms with Gasteiger partial charge in [-0.1, -0.05) is 71.8 Å². The minimum atomic E-state index is -0.737. The van der Waals surface area contributed by atoms with Crippen molar-refractivity contribution in [2.75, 3.05) is 20.8 Å². The lowest BCUT2D eigenvalue weighted by molar-refractivity contribution is -0.369. The zero-order chi connectivity index (χ0) is 27.0. The number of benzene rings is 3. The zero-order valence-corrected chi connectivity index (χ0v) is 21.8. The van der Waals surface area contributed by atoms with E-state index in [9.17, 15) is 0 Å². The highest BCUT2D eigenvalue weighted by molar-refractivity contribution is 5.45. The van der Waals surface area contributed by atoms with Crippen molar-refractivity contribution < 1.29 is 33.2 Å². The number of ether oxygens (including phenoxy) is 7. The van der Waals surface area contributed by atoms with Crippen molar-refractivity contribution >= 4 is 5.69 Å². The minimum Gasteiger partial charge on any atom is -0.497 e. The predicted octanol–water partition coefficient (Wildman–Crippen LogP) is 5.59. The van der Waals surface area contributed by atoms with Gasteiger partial charge in [0.15, 0.2) is 12.6 Å². The standard InChI is InChI=1S/C29H31N3O7/c1-33-22-14-12-19(13-15-22)16-35-26-25-24(18-37-28(39-25)20-8-4-3-5-9-20)38-29(34-2)27(26)36-17-21-10-6-7-11-23(21)31-32-30/h3-15,24-29H,16-18H2,1-2H3/t24-,25-,26+,27-,28-,29+/m1/s1. The van der Waals surface area contributed by atoms with Crippen molar-refractivity contribution in [2.45, 2.75) is 50.2 Å². The van der Waals surface area contributed by atoms with E-state index in [0.717, 1.165) is 22.4 Å². The SMILES string of the molecule is COc1ccc(CO[C@@H]2[C@@H](OCc3ccccc3N=[N+]=[N-])[C@@H](OC)O[C@@H]3CO[C@@H](c4ccccc4)O[C@@H]23)cc1. The quantitative estimate of drug-likeness (QED) is 0.190. The first kappa shape index (κ1) is 27.1. The lowest BCUT2D eigenvalue weighted by atomic mass is 9.97. The lowest BCUT2D eigenvalue weighted by Crippen LogP contribution is -2.63. The highest BCUT2D eigenvalue weighted by Crippen LogP contribution is 2.37. The molecule has 3 aromatic carbocycles. The van der Waals surface area contributed by atoms with E-state index in [1.54, 1.807) is 26.4 Å². The fourth-order valence-corrected chi connectivity index (χ4v) is 4.76. The van der Waals surface area contributed by atoms with Gasteiger partial charge in [-0.3, -0.25) is 0 Å². The maximum Gasteiger partial charge on any atom is 0.186 e. The molecule has 0 aliphatic carbocycles. The summed E-state index contributed by atoms with van der Waals surface area (Å²) in [5, 5.41) is 3.78. The zero-order valence-electron chi connectivity index (χ0n) is 21.8. The first-order chi connectivity index (χ1) is 19.2. The van der Waals surface area contributed by atoms with E-state index < -0.39 is 37.0 Å². The summed E-state index contributed by atoms with van der Waals surface area (Å²) in [5.41, 5.74) is 12.1. The Morgan fingerprint density at radius 2 is 1.62 bits per heavy atom. The molecule has 10 heteroatoms. The van der Waals surface area contributed by atoms with Gasteiger partial charge in [0, 0.05) is 23.3 Å². The van der Waals surface area contributed by atoms with Crippen LogP contribution in [0.3, 0.4) is 0 Å². The van der Waals surface area contributed by atoms with Crippen molar-refractivity contribution in [3.63, 3.8) is 0 Å². The summed E-state index contributed by atoms with van der Waals surface area (Å²) in [7, 11) is 3.19. The molecule has 5 rings (SSSR count). The highest BCUT2D eigenvalue weighted by Gasteiger charge is 2.51. The Hall–Kier alpha value is -3.47. The fourth-order valence-electron chi connectivity index (χ4n) is 4.76. The molecule has 0 aromatic heterocycles. The van der Waals surface area contributed by atoms with E-state index in [1.807, 2.05) is 66.7 Å². The third-order valence-electron chi connectivity index (χ3n) is 6.76. The molecule has 2 saturated heterocycles. The van der Waals surface area contributed by atoms with Crippen LogP contribution in [-0.4, -0.2) is 51.5 Å². The molecular formula is C29H31N3O7. The summed E-state index contributed by atoms with van der Waals surface area (Å²) in [4.78, 5) is 2.93. The van der Waals surface area contributed by atoms with Crippen LogP contribution in [0.1, 0.15) is 23.0 Å². The van der Waals surface area contributed by atoms with Crippen LogP contribution < -0.4 is 4.74 Å². The third-order valence-corrected chi connectivity index (χ3v) is 6.76. The Kier molecular flexibility index (Phi) is 9.08. The Bertz CT molecular complexity index is 1250. The summed E-state index contributed by atoms with van der Waals surface area (Å²) in [6.45, 7) is 0.768. The van der Waals surface area contributed by atoms with E-state index in [4.69, 9.17) is 38.7 Å². The number of fused-ring (bicyclic) bond motifs is 1. The van der Waals surface area contributed by atoms with Gasteiger partial charge in [-0.2, -0.15) is 0 Å². The van der Waals surface area contributed by atoms with Gasteiger partial charge in [-0.05, 0) is 28.8 Å². The van der Waals surface area contributed by atoms with E-state index >= 15 is 0 Å². The van der Waals surface area contributed by atoms with Crippen molar-refractivity contribution in [1.29, 1.82) is 0 Å². The highest BCUT2D eigenvalue weighted by atomic mass is 16.8. The first-order valence-corrected chi connectivity index (χ1v) is 12.7. The maximum atomic E-state index is 8.96. The van der Waals surface area contributed by atoms with Gasteiger partial charge in [0.2, 0.25) is 0 Å². The summed E-state index contributed by atoms with van der Waals surface area (Å²) in [6, 6.07) is 24.7. The molecule has 204 valence electrons. The number of methoxy groups -OCH3 is 2. The van der Waals surface area contributed by atoms with Gasteiger partial charge in [0.1, 0.15) is 30.2 Å². The second-order valence-electron chi connectivity index (χ2n) is 9.17. The van der Waals surface area contributed by atoms with E-state index in [2.05, 4.69) is 10.0 Å². The van der Waals surface area contributed by atoms with Crippen LogP contribution in [0.2, 0.25) is 0 Å². The van der Waals surface area contributed by atoms with E-state index in [0.29, 0.717) is 18.9 Å². The molecule has 0 saturated carbocycles. The normalized spacial score (nSPS) is 26.3. The Morgan fingerprint density at radius 1 is 0.872 bits per heavy atom. The van der Waals surface area contributed by atoms with Gasteiger partial charge in [-0.15, -0.1) is 0 Å². The molecule has 0 spiro atoms. The van der Waals surface area contributed by atoms with Crippen molar-refractivity contribution in [3.05, 3.63) is 106 Å². The van der Waals surface area contributed by atoms with Crippen LogP contribution in [0.4, 0.5) is 5.69 Å². The fraction of sp³-hybridized carbons (Fsp3) is 0.379. The van der Waals surface area contributed by atoms with Crippen LogP contribution in [-0.2, 0) is 41.6 Å². The Morgan fingerprint density at radius 3 is 2.36 bits per heavy atom. The molecular weight excluding hydrogens is 502 g/mol.